The molecule has 9 heteroatoms. The van der Waals surface area contributed by atoms with Gasteiger partial charge in [-0.1, -0.05) is 29.8 Å². The number of hydrazone groups is 1. The Hall–Kier alpha value is -2.26. The van der Waals surface area contributed by atoms with Crippen LogP contribution in [0.3, 0.4) is 0 Å². The van der Waals surface area contributed by atoms with Crippen LogP contribution in [0.1, 0.15) is 15.9 Å². The Balaban J connectivity index is 1.70. The average Bonchev–Trinajstić information content (AvgIpc) is 2.70. The van der Waals surface area contributed by atoms with Crippen molar-refractivity contribution < 1.29 is 17.9 Å². The lowest BCUT2D eigenvalue weighted by molar-refractivity contribution is 0.0730. The van der Waals surface area contributed by atoms with Crippen LogP contribution in [0.4, 0.5) is 0 Å². The van der Waals surface area contributed by atoms with Crippen LogP contribution in [0.5, 0.6) is 0 Å². The van der Waals surface area contributed by atoms with Gasteiger partial charge in [0.1, 0.15) is 0 Å². The van der Waals surface area contributed by atoms with Crippen LogP contribution in [0.2, 0.25) is 5.02 Å². The molecule has 0 spiro atoms. The van der Waals surface area contributed by atoms with E-state index in [9.17, 15) is 13.2 Å². The van der Waals surface area contributed by atoms with Crippen molar-refractivity contribution in [2.45, 2.75) is 4.90 Å². The monoisotopic (exact) mass is 407 g/mol. The third kappa shape index (κ3) is 4.92. The van der Waals surface area contributed by atoms with Gasteiger partial charge in [-0.15, -0.1) is 0 Å². The number of morpholine rings is 1. The van der Waals surface area contributed by atoms with Crippen molar-refractivity contribution in [1.29, 1.82) is 0 Å². The molecule has 7 nitrogen and oxygen atoms in total. The van der Waals surface area contributed by atoms with E-state index in [1.165, 1.54) is 34.8 Å². The van der Waals surface area contributed by atoms with Crippen molar-refractivity contribution in [2.75, 3.05) is 26.3 Å². The largest absolute Gasteiger partial charge is 0.379 e. The molecule has 1 aliphatic heterocycles. The van der Waals surface area contributed by atoms with Gasteiger partial charge in [0.15, 0.2) is 0 Å². The summed E-state index contributed by atoms with van der Waals surface area (Å²) in [6.07, 6.45) is 1.47. The Morgan fingerprint density at radius 2 is 1.85 bits per heavy atom. The topological polar surface area (TPSA) is 88.1 Å². The van der Waals surface area contributed by atoms with Gasteiger partial charge in [-0.2, -0.15) is 9.41 Å². The maximum atomic E-state index is 12.7. The van der Waals surface area contributed by atoms with E-state index in [-0.39, 0.29) is 10.5 Å². The summed E-state index contributed by atoms with van der Waals surface area (Å²) in [5.41, 5.74) is 3.36. The van der Waals surface area contributed by atoms with E-state index in [2.05, 4.69) is 10.5 Å². The Morgan fingerprint density at radius 1 is 1.15 bits per heavy atom. The van der Waals surface area contributed by atoms with Gasteiger partial charge >= 0.3 is 0 Å². The zero-order valence-corrected chi connectivity index (χ0v) is 15.9. The van der Waals surface area contributed by atoms with E-state index in [4.69, 9.17) is 16.3 Å². The lowest BCUT2D eigenvalue weighted by Gasteiger charge is -2.26. The molecule has 1 heterocycles. The number of ether oxygens (including phenoxy) is 1. The van der Waals surface area contributed by atoms with Crippen molar-refractivity contribution in [3.8, 4) is 0 Å². The van der Waals surface area contributed by atoms with Crippen molar-refractivity contribution in [1.82, 2.24) is 9.73 Å². The number of carbonyl (C=O) groups is 1. The number of nitrogens with one attached hydrogen (secondary N) is 1. The van der Waals surface area contributed by atoms with Crippen molar-refractivity contribution >= 4 is 33.7 Å². The number of sulfonamides is 1. The molecular weight excluding hydrogens is 390 g/mol. The fourth-order valence-corrected chi connectivity index (χ4v) is 4.09. The molecule has 1 N–H and O–H groups in total. The zero-order valence-electron chi connectivity index (χ0n) is 14.3. The number of hydrogen-bond donors (Lipinski definition) is 1. The summed E-state index contributed by atoms with van der Waals surface area (Å²) < 4.78 is 31.9. The second kappa shape index (κ2) is 8.62. The van der Waals surface area contributed by atoms with Gasteiger partial charge in [0, 0.05) is 23.7 Å². The minimum absolute atomic E-state index is 0.0683. The summed E-state index contributed by atoms with van der Waals surface area (Å²) >= 11 is 5.81. The maximum absolute atomic E-state index is 12.7. The second-order valence-electron chi connectivity index (χ2n) is 5.79. The summed E-state index contributed by atoms with van der Waals surface area (Å²) in [5, 5.41) is 4.49. The number of amides is 1. The number of halogens is 1. The van der Waals surface area contributed by atoms with E-state index >= 15 is 0 Å². The highest BCUT2D eigenvalue weighted by Crippen LogP contribution is 2.18. The van der Waals surface area contributed by atoms with Gasteiger partial charge in [0.05, 0.1) is 24.3 Å². The fraction of sp³-hybridized carbons (Fsp3) is 0.222. The standard InChI is InChI=1S/C18H18ClN3O4S/c19-16-6-4-14(5-7-16)13-20-21-18(23)15-2-1-3-17(12-15)27(24,25)22-8-10-26-11-9-22/h1-7,12-13H,8-11H2,(H,21,23). The van der Waals surface area contributed by atoms with Gasteiger partial charge < -0.3 is 4.74 Å². The molecule has 3 rings (SSSR count). The minimum atomic E-state index is -3.66. The molecule has 142 valence electrons. The first-order valence-corrected chi connectivity index (χ1v) is 10.1. The van der Waals surface area contributed by atoms with Crippen molar-refractivity contribution in [2.24, 2.45) is 5.10 Å². The van der Waals surface area contributed by atoms with Crippen LogP contribution >= 0.6 is 11.6 Å². The normalized spacial score (nSPS) is 15.7. The Kier molecular flexibility index (Phi) is 6.22. The van der Waals surface area contributed by atoms with Gasteiger partial charge in [-0.05, 0) is 35.9 Å². The highest BCUT2D eigenvalue weighted by atomic mass is 35.5. The average molecular weight is 408 g/mol. The van der Waals surface area contributed by atoms with Gasteiger partial charge in [0.2, 0.25) is 10.0 Å². The predicted octanol–water partition coefficient (Wildman–Crippen LogP) is 2.12. The molecule has 1 aliphatic rings. The highest BCUT2D eigenvalue weighted by Gasteiger charge is 2.26. The van der Waals surface area contributed by atoms with E-state index in [0.29, 0.717) is 31.3 Å². The molecular formula is C18H18ClN3O4S. The van der Waals surface area contributed by atoms with Gasteiger partial charge in [-0.25, -0.2) is 13.8 Å². The van der Waals surface area contributed by atoms with E-state index < -0.39 is 15.9 Å². The third-order valence-electron chi connectivity index (χ3n) is 3.95. The summed E-state index contributed by atoms with van der Waals surface area (Å²) in [5.74, 6) is -0.501. The second-order valence-corrected chi connectivity index (χ2v) is 8.17. The predicted molar refractivity (Wildman–Crippen MR) is 103 cm³/mol. The van der Waals surface area contributed by atoms with Crippen LogP contribution in [0.25, 0.3) is 0 Å². The molecule has 0 aromatic heterocycles. The first-order chi connectivity index (χ1) is 13.0. The first-order valence-electron chi connectivity index (χ1n) is 8.24. The molecule has 1 fully saturated rings. The fourth-order valence-electron chi connectivity index (χ4n) is 2.51. The van der Waals surface area contributed by atoms with Crippen molar-refractivity contribution in [3.63, 3.8) is 0 Å². The molecule has 2 aromatic rings. The molecule has 1 amide bonds. The molecule has 0 atom stereocenters. The smallest absolute Gasteiger partial charge is 0.271 e. The molecule has 0 saturated carbocycles. The Morgan fingerprint density at radius 3 is 2.56 bits per heavy atom. The van der Waals surface area contributed by atoms with Gasteiger partial charge in [-0.3, -0.25) is 4.79 Å². The number of carbonyl (C=O) groups excluding carboxylic acids is 1. The molecule has 0 aliphatic carbocycles. The summed E-state index contributed by atoms with van der Waals surface area (Å²) in [7, 11) is -3.66. The lowest BCUT2D eigenvalue weighted by atomic mass is 10.2. The zero-order chi connectivity index (χ0) is 19.3. The number of hydrogen-bond acceptors (Lipinski definition) is 5. The van der Waals surface area contributed by atoms with Crippen LogP contribution in [-0.4, -0.2) is 51.1 Å². The SMILES string of the molecule is O=C(NN=Cc1ccc(Cl)cc1)c1cccc(S(=O)(=O)N2CCOCC2)c1. The maximum Gasteiger partial charge on any atom is 0.271 e. The van der Waals surface area contributed by atoms with Crippen LogP contribution < -0.4 is 5.43 Å². The molecule has 0 radical (unpaired) electrons. The summed E-state index contributed by atoms with van der Waals surface area (Å²) in [6, 6.07) is 12.8. The van der Waals surface area contributed by atoms with E-state index in [0.717, 1.165) is 5.56 Å². The number of rotatable bonds is 5. The van der Waals surface area contributed by atoms with Crippen LogP contribution in [0.15, 0.2) is 58.5 Å². The lowest BCUT2D eigenvalue weighted by Crippen LogP contribution is -2.40. The third-order valence-corrected chi connectivity index (χ3v) is 6.10. The molecule has 27 heavy (non-hydrogen) atoms. The van der Waals surface area contributed by atoms with E-state index in [1.54, 1.807) is 24.3 Å². The van der Waals surface area contributed by atoms with Crippen molar-refractivity contribution in [3.05, 3.63) is 64.7 Å². The molecule has 2 aromatic carbocycles. The number of nitrogens with zero attached hydrogens (tertiary/aromatic N) is 2. The first kappa shape index (κ1) is 19.5. The molecule has 0 bridgehead atoms. The summed E-state index contributed by atoms with van der Waals surface area (Å²) in [4.78, 5) is 12.3. The quantitative estimate of drug-likeness (QED) is 0.607. The molecule has 0 unspecified atom stereocenters. The van der Waals surface area contributed by atoms with Crippen LogP contribution in [-0.2, 0) is 14.8 Å². The minimum Gasteiger partial charge on any atom is -0.379 e. The Labute approximate surface area is 162 Å². The number of benzene rings is 2. The highest BCUT2D eigenvalue weighted by molar-refractivity contribution is 7.89. The van der Waals surface area contributed by atoms with E-state index in [1.807, 2.05) is 0 Å². The summed E-state index contributed by atoms with van der Waals surface area (Å²) in [6.45, 7) is 1.31. The Bertz CT molecular complexity index is 939. The van der Waals surface area contributed by atoms with Crippen LogP contribution in [0, 0.1) is 0 Å². The molecule has 1 saturated heterocycles. The van der Waals surface area contributed by atoms with Gasteiger partial charge in [0.25, 0.3) is 5.91 Å².